The van der Waals surface area contributed by atoms with Crippen molar-refractivity contribution in [2.45, 2.75) is 4.90 Å². The fourth-order valence-electron chi connectivity index (χ4n) is 2.73. The minimum atomic E-state index is -3.52. The Labute approximate surface area is 158 Å². The predicted octanol–water partition coefficient (Wildman–Crippen LogP) is 2.53. The van der Waals surface area contributed by atoms with E-state index in [1.54, 1.807) is 36.4 Å². The Morgan fingerprint density at radius 3 is 2.23 bits per heavy atom. The van der Waals surface area contributed by atoms with E-state index in [4.69, 9.17) is 11.6 Å². The molecule has 1 aliphatic heterocycles. The van der Waals surface area contributed by atoms with Crippen molar-refractivity contribution in [1.29, 1.82) is 0 Å². The van der Waals surface area contributed by atoms with E-state index >= 15 is 0 Å². The van der Waals surface area contributed by atoms with Crippen molar-refractivity contribution in [3.05, 3.63) is 59.1 Å². The molecule has 0 bridgehead atoms. The zero-order valence-electron chi connectivity index (χ0n) is 14.4. The lowest BCUT2D eigenvalue weighted by Gasteiger charge is -2.31. The maximum absolute atomic E-state index is 12.7. The summed E-state index contributed by atoms with van der Waals surface area (Å²) < 4.78 is 26.9. The van der Waals surface area contributed by atoms with Gasteiger partial charge in [-0.1, -0.05) is 23.7 Å². The van der Waals surface area contributed by atoms with E-state index in [1.165, 1.54) is 16.4 Å². The number of amides is 1. The van der Waals surface area contributed by atoms with Gasteiger partial charge in [0.05, 0.1) is 15.5 Å². The van der Waals surface area contributed by atoms with E-state index < -0.39 is 10.0 Å². The zero-order chi connectivity index (χ0) is 18.7. The second-order valence-electron chi connectivity index (χ2n) is 6.17. The molecule has 8 heteroatoms. The van der Waals surface area contributed by atoms with Crippen molar-refractivity contribution < 1.29 is 13.2 Å². The maximum atomic E-state index is 12.7. The highest BCUT2D eigenvalue weighted by Gasteiger charge is 2.27. The predicted molar refractivity (Wildman–Crippen MR) is 102 cm³/mol. The van der Waals surface area contributed by atoms with Gasteiger partial charge >= 0.3 is 0 Å². The quantitative estimate of drug-likeness (QED) is 0.866. The molecule has 0 aromatic heterocycles. The van der Waals surface area contributed by atoms with Gasteiger partial charge in [-0.3, -0.25) is 4.79 Å². The van der Waals surface area contributed by atoms with Gasteiger partial charge in [-0.2, -0.15) is 4.31 Å². The van der Waals surface area contributed by atoms with Gasteiger partial charge < -0.3 is 10.2 Å². The number of carbonyl (C=O) groups excluding carboxylic acids is 1. The Bertz CT molecular complexity index is 892. The minimum absolute atomic E-state index is 0.220. The topological polar surface area (TPSA) is 69.7 Å². The first-order valence-corrected chi connectivity index (χ1v) is 10.0. The summed E-state index contributed by atoms with van der Waals surface area (Å²) in [6.45, 7) is 2.38. The maximum Gasteiger partial charge on any atom is 0.257 e. The molecule has 1 N–H and O–H groups in total. The van der Waals surface area contributed by atoms with E-state index in [0.717, 1.165) is 0 Å². The number of nitrogens with one attached hydrogen (secondary N) is 1. The number of sulfonamides is 1. The molecule has 1 heterocycles. The van der Waals surface area contributed by atoms with Gasteiger partial charge in [-0.25, -0.2) is 8.42 Å². The van der Waals surface area contributed by atoms with Gasteiger partial charge in [0, 0.05) is 31.9 Å². The van der Waals surface area contributed by atoms with Crippen LogP contribution in [-0.2, 0) is 10.0 Å². The van der Waals surface area contributed by atoms with E-state index in [1.807, 2.05) is 7.05 Å². The smallest absolute Gasteiger partial charge is 0.257 e. The van der Waals surface area contributed by atoms with Crippen molar-refractivity contribution in [2.24, 2.45) is 0 Å². The lowest BCUT2D eigenvalue weighted by molar-refractivity contribution is 0.102. The van der Waals surface area contributed by atoms with Crippen molar-refractivity contribution in [1.82, 2.24) is 9.21 Å². The van der Waals surface area contributed by atoms with Crippen LogP contribution in [0.2, 0.25) is 5.02 Å². The molecule has 0 spiro atoms. The summed E-state index contributed by atoms with van der Waals surface area (Å²) in [4.78, 5) is 14.6. The molecule has 1 saturated heterocycles. The number of likely N-dealkylation sites (N-methyl/N-ethyl adjacent to an activating group) is 1. The first kappa shape index (κ1) is 18.8. The molecule has 3 rings (SSSR count). The summed E-state index contributed by atoms with van der Waals surface area (Å²) in [5.74, 6) is -0.342. The summed E-state index contributed by atoms with van der Waals surface area (Å²) in [6.07, 6.45) is 0. The van der Waals surface area contributed by atoms with E-state index in [0.29, 0.717) is 42.5 Å². The summed E-state index contributed by atoms with van der Waals surface area (Å²) >= 11 is 6.02. The molecule has 2 aromatic carbocycles. The van der Waals surface area contributed by atoms with Gasteiger partial charge in [0.1, 0.15) is 0 Å². The van der Waals surface area contributed by atoms with Crippen molar-refractivity contribution in [2.75, 3.05) is 38.5 Å². The molecule has 6 nitrogen and oxygen atoms in total. The SMILES string of the molecule is CN1CCN(S(=O)(=O)c2ccc(NC(=O)c3ccccc3Cl)cc2)CC1. The summed E-state index contributed by atoms with van der Waals surface area (Å²) in [5, 5.41) is 3.08. The number of piperazine rings is 1. The first-order chi connectivity index (χ1) is 12.4. The van der Waals surface area contributed by atoms with Crippen LogP contribution < -0.4 is 5.32 Å². The summed E-state index contributed by atoms with van der Waals surface area (Å²) in [5.41, 5.74) is 0.871. The number of nitrogens with zero attached hydrogens (tertiary/aromatic N) is 2. The van der Waals surface area contributed by atoms with Crippen LogP contribution in [0.5, 0.6) is 0 Å². The average molecular weight is 394 g/mol. The molecular formula is C18H20ClN3O3S. The monoisotopic (exact) mass is 393 g/mol. The molecular weight excluding hydrogens is 374 g/mol. The molecule has 0 saturated carbocycles. The average Bonchev–Trinajstić information content (AvgIpc) is 2.63. The van der Waals surface area contributed by atoms with Crippen LogP contribution in [0.3, 0.4) is 0 Å². The Hall–Kier alpha value is -1.93. The van der Waals surface area contributed by atoms with Gasteiger partial charge in [-0.15, -0.1) is 0 Å². The summed E-state index contributed by atoms with van der Waals surface area (Å²) in [6, 6.07) is 12.9. The molecule has 1 fully saturated rings. The fourth-order valence-corrected chi connectivity index (χ4v) is 4.38. The van der Waals surface area contributed by atoms with Gasteiger partial charge in [0.15, 0.2) is 0 Å². The molecule has 0 radical (unpaired) electrons. The zero-order valence-corrected chi connectivity index (χ0v) is 15.9. The molecule has 2 aromatic rings. The normalized spacial score (nSPS) is 16.4. The number of anilines is 1. The van der Waals surface area contributed by atoms with Gasteiger partial charge in [-0.05, 0) is 43.4 Å². The Balaban J connectivity index is 1.72. The summed E-state index contributed by atoms with van der Waals surface area (Å²) in [7, 11) is -1.54. The molecule has 0 aliphatic carbocycles. The van der Waals surface area contributed by atoms with Crippen LogP contribution in [-0.4, -0.2) is 56.8 Å². The van der Waals surface area contributed by atoms with Crippen LogP contribution in [0.1, 0.15) is 10.4 Å². The number of benzene rings is 2. The lowest BCUT2D eigenvalue weighted by Crippen LogP contribution is -2.46. The molecule has 1 aliphatic rings. The molecule has 1 amide bonds. The number of hydrogen-bond acceptors (Lipinski definition) is 4. The van der Waals surface area contributed by atoms with Crippen LogP contribution in [0.25, 0.3) is 0 Å². The molecule has 26 heavy (non-hydrogen) atoms. The first-order valence-electron chi connectivity index (χ1n) is 8.22. The van der Waals surface area contributed by atoms with Gasteiger partial charge in [0.2, 0.25) is 10.0 Å². The highest BCUT2D eigenvalue weighted by molar-refractivity contribution is 7.89. The van der Waals surface area contributed by atoms with Crippen LogP contribution >= 0.6 is 11.6 Å². The van der Waals surface area contributed by atoms with E-state index in [-0.39, 0.29) is 10.8 Å². The second kappa shape index (κ2) is 7.75. The van der Waals surface area contributed by atoms with Crippen LogP contribution in [0.4, 0.5) is 5.69 Å². The minimum Gasteiger partial charge on any atom is -0.322 e. The fraction of sp³-hybridized carbons (Fsp3) is 0.278. The van der Waals surface area contributed by atoms with Crippen LogP contribution in [0, 0.1) is 0 Å². The third-order valence-electron chi connectivity index (χ3n) is 4.33. The number of rotatable bonds is 4. The molecule has 138 valence electrons. The van der Waals surface area contributed by atoms with E-state index in [9.17, 15) is 13.2 Å². The number of hydrogen-bond donors (Lipinski definition) is 1. The number of carbonyl (C=O) groups is 1. The van der Waals surface area contributed by atoms with E-state index in [2.05, 4.69) is 10.2 Å². The van der Waals surface area contributed by atoms with Crippen molar-refractivity contribution >= 4 is 33.2 Å². The standard InChI is InChI=1S/C18H20ClN3O3S/c1-21-10-12-22(13-11-21)26(24,25)15-8-6-14(7-9-15)20-18(23)16-4-2-3-5-17(16)19/h2-9H,10-13H2,1H3,(H,20,23). The third-order valence-corrected chi connectivity index (χ3v) is 6.57. The van der Waals surface area contributed by atoms with Crippen LogP contribution in [0.15, 0.2) is 53.4 Å². The largest absolute Gasteiger partial charge is 0.322 e. The Morgan fingerprint density at radius 1 is 1.00 bits per heavy atom. The van der Waals surface area contributed by atoms with Gasteiger partial charge in [0.25, 0.3) is 5.91 Å². The number of halogens is 1. The molecule has 0 atom stereocenters. The second-order valence-corrected chi connectivity index (χ2v) is 8.51. The third kappa shape index (κ3) is 4.07. The Morgan fingerprint density at radius 2 is 1.62 bits per heavy atom. The lowest BCUT2D eigenvalue weighted by atomic mass is 10.2. The highest BCUT2D eigenvalue weighted by Crippen LogP contribution is 2.21. The van der Waals surface area contributed by atoms with Crippen molar-refractivity contribution in [3.8, 4) is 0 Å². The highest BCUT2D eigenvalue weighted by atomic mass is 35.5. The molecule has 0 unspecified atom stereocenters. The van der Waals surface area contributed by atoms with Crippen molar-refractivity contribution in [3.63, 3.8) is 0 Å². The Kier molecular flexibility index (Phi) is 5.62.